The highest BCUT2D eigenvalue weighted by Crippen LogP contribution is 2.50. The summed E-state index contributed by atoms with van der Waals surface area (Å²) >= 11 is 5.66. The number of hydrogen-bond acceptors (Lipinski definition) is 2. The number of nitrogens with two attached hydrogens (primary N) is 1. The molecule has 2 bridgehead atoms. The summed E-state index contributed by atoms with van der Waals surface area (Å²) in [5.41, 5.74) is 4.20. The fourth-order valence-electron chi connectivity index (χ4n) is 3.89. The second-order valence-corrected chi connectivity index (χ2v) is 7.02. The molecule has 3 nitrogen and oxygen atoms in total. The molecule has 1 unspecified atom stereocenters. The van der Waals surface area contributed by atoms with Crippen LogP contribution in [-0.4, -0.2) is 11.9 Å². The first kappa shape index (κ1) is 16.6. The zero-order valence-corrected chi connectivity index (χ0v) is 13.2. The standard InChI is InChI=1S/C16H18ClF3N2O/c17-10-1-2-12(11(8-10)16(18,19)20)22-14(23)15-5-3-9(4-6-15)7-13(15)21/h1-2,8-9,13H,3-7,21H2,(H,22,23). The number of carbonyl (C=O) groups excluding carboxylic acids is 1. The van der Waals surface area contributed by atoms with Gasteiger partial charge in [0.1, 0.15) is 0 Å². The molecule has 0 aromatic heterocycles. The van der Waals surface area contributed by atoms with Gasteiger partial charge < -0.3 is 11.1 Å². The van der Waals surface area contributed by atoms with Crippen molar-refractivity contribution >= 4 is 23.2 Å². The molecule has 0 radical (unpaired) electrons. The van der Waals surface area contributed by atoms with E-state index in [2.05, 4.69) is 5.32 Å². The summed E-state index contributed by atoms with van der Waals surface area (Å²) in [5.74, 6) is 0.136. The molecule has 3 fully saturated rings. The number of alkyl halides is 3. The Bertz CT molecular complexity index is 624. The number of halogens is 4. The third-order valence-electron chi connectivity index (χ3n) is 5.28. The van der Waals surface area contributed by atoms with Gasteiger partial charge >= 0.3 is 6.18 Å². The van der Waals surface area contributed by atoms with E-state index in [-0.39, 0.29) is 16.8 Å². The molecule has 3 aliphatic carbocycles. The molecule has 0 saturated heterocycles. The van der Waals surface area contributed by atoms with Gasteiger partial charge in [0.2, 0.25) is 5.91 Å². The van der Waals surface area contributed by atoms with Crippen LogP contribution in [0, 0.1) is 11.3 Å². The minimum atomic E-state index is -4.59. The van der Waals surface area contributed by atoms with Crippen LogP contribution in [0.4, 0.5) is 18.9 Å². The molecule has 1 aromatic rings. The van der Waals surface area contributed by atoms with Crippen molar-refractivity contribution in [2.45, 2.75) is 44.3 Å². The van der Waals surface area contributed by atoms with Gasteiger partial charge in [0.25, 0.3) is 0 Å². The second kappa shape index (κ2) is 5.67. The van der Waals surface area contributed by atoms with Crippen LogP contribution in [-0.2, 0) is 11.0 Å². The summed E-state index contributed by atoms with van der Waals surface area (Å²) in [5, 5.41) is 2.44. The number of amides is 1. The van der Waals surface area contributed by atoms with E-state index in [1.54, 1.807) is 0 Å². The molecular weight excluding hydrogens is 329 g/mol. The van der Waals surface area contributed by atoms with Gasteiger partial charge in [0, 0.05) is 11.1 Å². The molecule has 1 amide bonds. The molecule has 23 heavy (non-hydrogen) atoms. The zero-order valence-electron chi connectivity index (χ0n) is 12.4. The first-order chi connectivity index (χ1) is 10.7. The first-order valence-corrected chi connectivity index (χ1v) is 8.04. The third-order valence-corrected chi connectivity index (χ3v) is 5.52. The van der Waals surface area contributed by atoms with Gasteiger partial charge in [-0.05, 0) is 56.2 Å². The van der Waals surface area contributed by atoms with E-state index < -0.39 is 23.1 Å². The molecule has 0 aliphatic heterocycles. The van der Waals surface area contributed by atoms with Crippen LogP contribution < -0.4 is 11.1 Å². The predicted molar refractivity (Wildman–Crippen MR) is 82.1 cm³/mol. The third kappa shape index (κ3) is 2.94. The van der Waals surface area contributed by atoms with Crippen LogP contribution in [0.3, 0.4) is 0 Å². The number of anilines is 1. The summed E-state index contributed by atoms with van der Waals surface area (Å²) in [4.78, 5) is 12.7. The number of rotatable bonds is 2. The summed E-state index contributed by atoms with van der Waals surface area (Å²) in [6.45, 7) is 0. The Labute approximate surface area is 137 Å². The Hall–Kier alpha value is -1.27. The van der Waals surface area contributed by atoms with E-state index in [1.807, 2.05) is 0 Å². The number of fused-ring (bicyclic) bond motifs is 3. The second-order valence-electron chi connectivity index (χ2n) is 6.58. The van der Waals surface area contributed by atoms with Gasteiger partial charge in [-0.25, -0.2) is 0 Å². The summed E-state index contributed by atoms with van der Waals surface area (Å²) in [6.07, 6.45) is -0.724. The van der Waals surface area contributed by atoms with E-state index in [0.29, 0.717) is 18.8 Å². The van der Waals surface area contributed by atoms with Crippen molar-refractivity contribution in [1.29, 1.82) is 0 Å². The molecule has 4 rings (SSSR count). The van der Waals surface area contributed by atoms with Crippen LogP contribution in [0.1, 0.15) is 37.7 Å². The Kier molecular flexibility index (Phi) is 4.09. The van der Waals surface area contributed by atoms with Gasteiger partial charge in [-0.3, -0.25) is 4.79 Å². The highest BCUT2D eigenvalue weighted by molar-refractivity contribution is 6.30. The SMILES string of the molecule is NC1CC2CCC1(C(=O)Nc1ccc(Cl)cc1C(F)(F)F)CC2. The monoisotopic (exact) mass is 346 g/mol. The Balaban J connectivity index is 1.89. The van der Waals surface area contributed by atoms with E-state index in [9.17, 15) is 18.0 Å². The van der Waals surface area contributed by atoms with Crippen molar-refractivity contribution in [1.82, 2.24) is 0 Å². The van der Waals surface area contributed by atoms with Gasteiger partial charge in [0.15, 0.2) is 0 Å². The lowest BCUT2D eigenvalue weighted by molar-refractivity contribution is -0.137. The molecule has 0 spiro atoms. The van der Waals surface area contributed by atoms with E-state index >= 15 is 0 Å². The Morgan fingerprint density at radius 2 is 1.96 bits per heavy atom. The lowest BCUT2D eigenvalue weighted by Crippen LogP contribution is -2.56. The number of nitrogens with one attached hydrogen (secondary N) is 1. The van der Waals surface area contributed by atoms with Gasteiger partial charge in [-0.1, -0.05) is 11.6 Å². The lowest BCUT2D eigenvalue weighted by Gasteiger charge is -2.49. The van der Waals surface area contributed by atoms with E-state index in [4.69, 9.17) is 17.3 Å². The summed E-state index contributed by atoms with van der Waals surface area (Å²) < 4.78 is 39.4. The highest BCUT2D eigenvalue weighted by Gasteiger charge is 2.51. The largest absolute Gasteiger partial charge is 0.418 e. The molecule has 3 saturated carbocycles. The van der Waals surface area contributed by atoms with Gasteiger partial charge in [0.05, 0.1) is 16.7 Å². The van der Waals surface area contributed by atoms with Crippen LogP contribution in [0.2, 0.25) is 5.02 Å². The highest BCUT2D eigenvalue weighted by atomic mass is 35.5. The molecule has 7 heteroatoms. The van der Waals surface area contributed by atoms with Crippen molar-refractivity contribution in [3.05, 3.63) is 28.8 Å². The smallest absolute Gasteiger partial charge is 0.327 e. The van der Waals surface area contributed by atoms with Crippen LogP contribution >= 0.6 is 11.6 Å². The number of carbonyl (C=O) groups is 1. The maximum Gasteiger partial charge on any atom is 0.418 e. The van der Waals surface area contributed by atoms with Crippen molar-refractivity contribution in [2.75, 3.05) is 5.32 Å². The van der Waals surface area contributed by atoms with Crippen molar-refractivity contribution in [3.8, 4) is 0 Å². The maximum atomic E-state index is 13.1. The van der Waals surface area contributed by atoms with E-state index in [1.165, 1.54) is 12.1 Å². The fraction of sp³-hybridized carbons (Fsp3) is 0.562. The van der Waals surface area contributed by atoms with E-state index in [0.717, 1.165) is 25.3 Å². The van der Waals surface area contributed by atoms with Crippen LogP contribution in [0.25, 0.3) is 0 Å². The summed E-state index contributed by atoms with van der Waals surface area (Å²) in [7, 11) is 0. The average Bonchev–Trinajstić information content (AvgIpc) is 2.49. The topological polar surface area (TPSA) is 55.1 Å². The molecule has 3 N–H and O–H groups in total. The van der Waals surface area contributed by atoms with Crippen molar-refractivity contribution in [2.24, 2.45) is 17.1 Å². The van der Waals surface area contributed by atoms with Gasteiger partial charge in [-0.15, -0.1) is 0 Å². The normalized spacial score (nSPS) is 30.3. The quantitative estimate of drug-likeness (QED) is 0.843. The zero-order chi connectivity index (χ0) is 16.8. The molecule has 0 heterocycles. The van der Waals surface area contributed by atoms with Crippen molar-refractivity contribution in [3.63, 3.8) is 0 Å². The maximum absolute atomic E-state index is 13.1. The van der Waals surface area contributed by atoms with Crippen LogP contribution in [0.5, 0.6) is 0 Å². The van der Waals surface area contributed by atoms with Crippen molar-refractivity contribution < 1.29 is 18.0 Å². The summed E-state index contributed by atoms with van der Waals surface area (Å²) in [6, 6.07) is 3.06. The minimum absolute atomic E-state index is 0.0247. The Morgan fingerprint density at radius 3 is 2.52 bits per heavy atom. The average molecular weight is 347 g/mol. The molecule has 3 aliphatic rings. The molecule has 126 valence electrons. The fourth-order valence-corrected chi connectivity index (χ4v) is 4.06. The number of benzene rings is 1. The first-order valence-electron chi connectivity index (χ1n) is 7.66. The lowest BCUT2D eigenvalue weighted by atomic mass is 9.57. The molecule has 1 atom stereocenters. The Morgan fingerprint density at radius 1 is 1.30 bits per heavy atom. The van der Waals surface area contributed by atoms with Gasteiger partial charge in [-0.2, -0.15) is 13.2 Å². The molecular formula is C16H18ClF3N2O. The predicted octanol–water partition coefficient (Wildman–Crippen LogP) is 4.20. The van der Waals surface area contributed by atoms with Crippen LogP contribution in [0.15, 0.2) is 18.2 Å². The minimum Gasteiger partial charge on any atom is -0.327 e. The number of hydrogen-bond donors (Lipinski definition) is 2. The molecule has 1 aromatic carbocycles.